The van der Waals surface area contributed by atoms with Crippen molar-refractivity contribution < 1.29 is 9.13 Å². The van der Waals surface area contributed by atoms with Crippen LogP contribution in [0.1, 0.15) is 17.5 Å². The Balaban J connectivity index is 1.57. The van der Waals surface area contributed by atoms with Crippen LogP contribution in [0.25, 0.3) is 0 Å². The van der Waals surface area contributed by atoms with Gasteiger partial charge in [-0.25, -0.2) is 4.39 Å². The Labute approximate surface area is 132 Å². The molecule has 110 valence electrons. The maximum absolute atomic E-state index is 13.2. The molecule has 2 unspecified atom stereocenters. The number of ether oxygens (including phenoxy) is 1. The first-order valence-corrected chi connectivity index (χ1v) is 7.84. The van der Waals surface area contributed by atoms with Crippen molar-refractivity contribution >= 4 is 15.9 Å². The van der Waals surface area contributed by atoms with Crippen LogP contribution in [0.4, 0.5) is 4.39 Å². The van der Waals surface area contributed by atoms with Crippen molar-refractivity contribution in [3.8, 4) is 5.75 Å². The molecule has 0 bridgehead atoms. The van der Waals surface area contributed by atoms with Gasteiger partial charge in [-0.05, 0) is 42.3 Å². The standard InChI is InChI=1S/C17H17BrFNO/c18-13-3-1-11(2-4-13)7-15(20)10-16-9-12-8-14(19)5-6-17(12)21-16/h1-6,8,15-16H,7,9-10,20H2. The zero-order valence-corrected chi connectivity index (χ0v) is 13.1. The molecule has 21 heavy (non-hydrogen) atoms. The van der Waals surface area contributed by atoms with E-state index < -0.39 is 0 Å². The van der Waals surface area contributed by atoms with Gasteiger partial charge in [0, 0.05) is 28.9 Å². The summed E-state index contributed by atoms with van der Waals surface area (Å²) >= 11 is 3.42. The summed E-state index contributed by atoms with van der Waals surface area (Å²) in [5.41, 5.74) is 8.38. The van der Waals surface area contributed by atoms with Gasteiger partial charge in [-0.15, -0.1) is 0 Å². The van der Waals surface area contributed by atoms with Crippen LogP contribution in [0.15, 0.2) is 46.9 Å². The lowest BCUT2D eigenvalue weighted by molar-refractivity contribution is 0.210. The zero-order valence-electron chi connectivity index (χ0n) is 11.6. The Morgan fingerprint density at radius 1 is 1.24 bits per heavy atom. The largest absolute Gasteiger partial charge is 0.490 e. The minimum Gasteiger partial charge on any atom is -0.490 e. The number of hydrogen-bond acceptors (Lipinski definition) is 2. The number of fused-ring (bicyclic) bond motifs is 1. The predicted octanol–water partition coefficient (Wildman–Crippen LogP) is 3.85. The summed E-state index contributed by atoms with van der Waals surface area (Å²) in [6, 6.07) is 12.9. The molecule has 2 atom stereocenters. The first kappa shape index (κ1) is 14.5. The van der Waals surface area contributed by atoms with Crippen LogP contribution in [0, 0.1) is 5.82 Å². The maximum atomic E-state index is 13.2. The van der Waals surface area contributed by atoms with E-state index in [9.17, 15) is 4.39 Å². The van der Waals surface area contributed by atoms with Crippen molar-refractivity contribution in [3.05, 3.63) is 63.9 Å². The second-order valence-corrected chi connectivity index (χ2v) is 6.44. The van der Waals surface area contributed by atoms with Gasteiger partial charge < -0.3 is 10.5 Å². The monoisotopic (exact) mass is 349 g/mol. The molecule has 0 amide bonds. The molecule has 0 saturated heterocycles. The number of halogens is 2. The average Bonchev–Trinajstić information content (AvgIpc) is 2.82. The Morgan fingerprint density at radius 3 is 2.76 bits per heavy atom. The molecule has 4 heteroatoms. The molecule has 0 aromatic heterocycles. The summed E-state index contributed by atoms with van der Waals surface area (Å²) in [7, 11) is 0. The highest BCUT2D eigenvalue weighted by atomic mass is 79.9. The topological polar surface area (TPSA) is 35.2 Å². The molecule has 1 aliphatic rings. The van der Waals surface area contributed by atoms with Crippen LogP contribution in [-0.4, -0.2) is 12.1 Å². The molecule has 0 spiro atoms. The first-order chi connectivity index (χ1) is 10.1. The van der Waals surface area contributed by atoms with Crippen molar-refractivity contribution in [2.45, 2.75) is 31.4 Å². The summed E-state index contributed by atoms with van der Waals surface area (Å²) in [6.45, 7) is 0. The predicted molar refractivity (Wildman–Crippen MR) is 85.0 cm³/mol. The van der Waals surface area contributed by atoms with Crippen molar-refractivity contribution in [2.75, 3.05) is 0 Å². The highest BCUT2D eigenvalue weighted by Gasteiger charge is 2.25. The normalized spacial score (nSPS) is 18.1. The number of benzene rings is 2. The number of hydrogen-bond donors (Lipinski definition) is 1. The molecular weight excluding hydrogens is 333 g/mol. The Morgan fingerprint density at radius 2 is 2.00 bits per heavy atom. The van der Waals surface area contributed by atoms with Crippen LogP contribution < -0.4 is 10.5 Å². The fourth-order valence-electron chi connectivity index (χ4n) is 2.76. The molecule has 2 nitrogen and oxygen atoms in total. The van der Waals surface area contributed by atoms with Crippen LogP contribution in [-0.2, 0) is 12.8 Å². The van der Waals surface area contributed by atoms with E-state index in [1.165, 1.54) is 11.6 Å². The van der Waals surface area contributed by atoms with E-state index in [1.54, 1.807) is 12.1 Å². The molecule has 0 saturated carbocycles. The van der Waals surface area contributed by atoms with Crippen molar-refractivity contribution in [3.63, 3.8) is 0 Å². The van der Waals surface area contributed by atoms with Crippen LogP contribution >= 0.6 is 15.9 Å². The molecule has 0 fully saturated rings. The molecule has 0 aliphatic carbocycles. The fourth-order valence-corrected chi connectivity index (χ4v) is 3.03. The lowest BCUT2D eigenvalue weighted by Gasteiger charge is -2.16. The fraction of sp³-hybridized carbons (Fsp3) is 0.294. The lowest BCUT2D eigenvalue weighted by atomic mass is 9.99. The molecule has 3 rings (SSSR count). The molecule has 2 aromatic rings. The first-order valence-electron chi connectivity index (χ1n) is 7.05. The Kier molecular flexibility index (Phi) is 4.27. The number of rotatable bonds is 4. The molecular formula is C17H17BrFNO. The molecule has 2 aromatic carbocycles. The van der Waals surface area contributed by atoms with Gasteiger partial charge >= 0.3 is 0 Å². The molecule has 0 radical (unpaired) electrons. The zero-order chi connectivity index (χ0) is 14.8. The second kappa shape index (κ2) is 6.16. The van der Waals surface area contributed by atoms with Gasteiger partial charge in [0.05, 0.1) is 0 Å². The Hall–Kier alpha value is -1.39. The van der Waals surface area contributed by atoms with E-state index in [-0.39, 0.29) is 18.0 Å². The third kappa shape index (κ3) is 3.63. The average molecular weight is 350 g/mol. The summed E-state index contributed by atoms with van der Waals surface area (Å²) in [5, 5.41) is 0. The number of nitrogens with two attached hydrogens (primary N) is 1. The van der Waals surface area contributed by atoms with E-state index in [0.29, 0.717) is 0 Å². The second-order valence-electron chi connectivity index (χ2n) is 5.52. The summed E-state index contributed by atoms with van der Waals surface area (Å²) in [4.78, 5) is 0. The van der Waals surface area contributed by atoms with Gasteiger partial charge in [-0.1, -0.05) is 28.1 Å². The summed E-state index contributed by atoms with van der Waals surface area (Å²) in [5.74, 6) is 0.578. The van der Waals surface area contributed by atoms with Gasteiger partial charge in [0.15, 0.2) is 0 Å². The summed E-state index contributed by atoms with van der Waals surface area (Å²) in [6.07, 6.45) is 2.37. The quantitative estimate of drug-likeness (QED) is 0.909. The van der Waals surface area contributed by atoms with E-state index >= 15 is 0 Å². The third-order valence-corrected chi connectivity index (χ3v) is 4.27. The van der Waals surface area contributed by atoms with Crippen molar-refractivity contribution in [1.29, 1.82) is 0 Å². The highest BCUT2D eigenvalue weighted by molar-refractivity contribution is 9.10. The van der Waals surface area contributed by atoms with Crippen LogP contribution in [0.2, 0.25) is 0 Å². The van der Waals surface area contributed by atoms with E-state index in [1.807, 2.05) is 12.1 Å². The van der Waals surface area contributed by atoms with Crippen molar-refractivity contribution in [2.24, 2.45) is 5.73 Å². The third-order valence-electron chi connectivity index (χ3n) is 3.74. The molecule has 1 aliphatic heterocycles. The van der Waals surface area contributed by atoms with Crippen LogP contribution in [0.3, 0.4) is 0 Å². The highest BCUT2D eigenvalue weighted by Crippen LogP contribution is 2.31. The van der Waals surface area contributed by atoms with E-state index in [4.69, 9.17) is 10.5 Å². The minimum atomic E-state index is -0.211. The van der Waals surface area contributed by atoms with E-state index in [2.05, 4.69) is 28.1 Å². The molecule has 2 N–H and O–H groups in total. The van der Waals surface area contributed by atoms with Gasteiger partial charge in [0.1, 0.15) is 17.7 Å². The Bertz CT molecular complexity index is 629. The van der Waals surface area contributed by atoms with Crippen LogP contribution in [0.5, 0.6) is 5.75 Å². The van der Waals surface area contributed by atoms with Crippen molar-refractivity contribution in [1.82, 2.24) is 0 Å². The smallest absolute Gasteiger partial charge is 0.123 e. The lowest BCUT2D eigenvalue weighted by Crippen LogP contribution is -2.30. The van der Waals surface area contributed by atoms with Gasteiger partial charge in [0.25, 0.3) is 0 Å². The molecule has 1 heterocycles. The maximum Gasteiger partial charge on any atom is 0.123 e. The van der Waals surface area contributed by atoms with Gasteiger partial charge in [-0.2, -0.15) is 0 Å². The summed E-state index contributed by atoms with van der Waals surface area (Å²) < 4.78 is 20.1. The SMILES string of the molecule is NC(Cc1ccc(Br)cc1)CC1Cc2cc(F)ccc2O1. The van der Waals surface area contributed by atoms with Gasteiger partial charge in [0.2, 0.25) is 0 Å². The minimum absolute atomic E-state index is 0.0373. The van der Waals surface area contributed by atoms with E-state index in [0.717, 1.165) is 35.0 Å². The van der Waals surface area contributed by atoms with Gasteiger partial charge in [-0.3, -0.25) is 0 Å².